The molecule has 0 aliphatic heterocycles. The van der Waals surface area contributed by atoms with Crippen molar-refractivity contribution in [2.75, 3.05) is 40.4 Å². The van der Waals surface area contributed by atoms with E-state index in [-0.39, 0.29) is 0 Å². The Morgan fingerprint density at radius 1 is 1.12 bits per heavy atom. The van der Waals surface area contributed by atoms with Gasteiger partial charge < -0.3 is 15.0 Å². The van der Waals surface area contributed by atoms with E-state index in [0.29, 0.717) is 0 Å². The topological polar surface area (TPSA) is 24.5 Å². The summed E-state index contributed by atoms with van der Waals surface area (Å²) in [6.45, 7) is 4.13. The fourth-order valence-electron chi connectivity index (χ4n) is 2.63. The van der Waals surface area contributed by atoms with E-state index in [2.05, 4.69) is 17.3 Å². The van der Waals surface area contributed by atoms with Gasteiger partial charge >= 0.3 is 0 Å². The molecule has 0 aromatic carbocycles. The third kappa shape index (κ3) is 7.02. The Labute approximate surface area is 107 Å². The summed E-state index contributed by atoms with van der Waals surface area (Å²) in [6.07, 6.45) is 9.83. The molecule has 1 fully saturated rings. The summed E-state index contributed by atoms with van der Waals surface area (Å²) in [4.78, 5) is 2.57. The molecular weight excluding hydrogens is 212 g/mol. The van der Waals surface area contributed by atoms with E-state index in [1.807, 2.05) is 0 Å². The van der Waals surface area contributed by atoms with Crippen LogP contribution in [0.5, 0.6) is 0 Å². The lowest BCUT2D eigenvalue weighted by atomic mass is 10.1. The molecule has 1 N–H and O–H groups in total. The Kier molecular flexibility index (Phi) is 8.67. The van der Waals surface area contributed by atoms with Crippen molar-refractivity contribution in [2.24, 2.45) is 0 Å². The second kappa shape index (κ2) is 9.86. The summed E-state index contributed by atoms with van der Waals surface area (Å²) in [7, 11) is 4.05. The molecule has 0 radical (unpaired) electrons. The first-order chi connectivity index (χ1) is 8.34. The molecule has 3 nitrogen and oxygen atoms in total. The lowest BCUT2D eigenvalue weighted by Crippen LogP contribution is -2.33. The maximum Gasteiger partial charge on any atom is 0.0587 e. The molecule has 1 aliphatic carbocycles. The van der Waals surface area contributed by atoms with Crippen LogP contribution < -0.4 is 5.32 Å². The van der Waals surface area contributed by atoms with Crippen LogP contribution in [0.1, 0.15) is 44.9 Å². The Morgan fingerprint density at radius 2 is 1.82 bits per heavy atom. The van der Waals surface area contributed by atoms with Gasteiger partial charge in [0.1, 0.15) is 0 Å². The van der Waals surface area contributed by atoms with Crippen molar-refractivity contribution in [3.05, 3.63) is 0 Å². The van der Waals surface area contributed by atoms with Crippen molar-refractivity contribution in [1.29, 1.82) is 0 Å². The van der Waals surface area contributed by atoms with Crippen LogP contribution >= 0.6 is 0 Å². The third-order valence-electron chi connectivity index (χ3n) is 3.80. The number of nitrogens with one attached hydrogen (secondary N) is 1. The summed E-state index contributed by atoms with van der Waals surface area (Å²) >= 11 is 0. The van der Waals surface area contributed by atoms with Gasteiger partial charge in [-0.25, -0.2) is 0 Å². The van der Waals surface area contributed by atoms with E-state index in [1.54, 1.807) is 7.11 Å². The zero-order valence-electron chi connectivity index (χ0n) is 11.7. The van der Waals surface area contributed by atoms with Crippen molar-refractivity contribution < 1.29 is 4.74 Å². The molecule has 1 saturated carbocycles. The van der Waals surface area contributed by atoms with E-state index in [1.165, 1.54) is 51.5 Å². The Bertz CT molecular complexity index is 168. The molecule has 1 aliphatic rings. The van der Waals surface area contributed by atoms with Crippen LogP contribution in [-0.2, 0) is 4.74 Å². The molecule has 0 aromatic heterocycles. The van der Waals surface area contributed by atoms with Crippen molar-refractivity contribution in [2.45, 2.75) is 51.0 Å². The molecule has 0 atom stereocenters. The molecule has 17 heavy (non-hydrogen) atoms. The highest BCUT2D eigenvalue weighted by atomic mass is 16.5. The minimum atomic E-state index is 0.818. The second-order valence-electron chi connectivity index (χ2n) is 5.22. The minimum Gasteiger partial charge on any atom is -0.383 e. The van der Waals surface area contributed by atoms with Gasteiger partial charge in [0.25, 0.3) is 0 Å². The molecule has 0 spiro atoms. The number of methoxy groups -OCH3 is 1. The van der Waals surface area contributed by atoms with Gasteiger partial charge in [0, 0.05) is 19.7 Å². The maximum atomic E-state index is 5.01. The molecule has 0 bridgehead atoms. The Balaban J connectivity index is 2.01. The van der Waals surface area contributed by atoms with Crippen molar-refractivity contribution >= 4 is 0 Å². The highest BCUT2D eigenvalue weighted by molar-refractivity contribution is 4.72. The van der Waals surface area contributed by atoms with Gasteiger partial charge in [-0.05, 0) is 39.4 Å². The highest BCUT2D eigenvalue weighted by Gasteiger charge is 2.15. The van der Waals surface area contributed by atoms with Crippen molar-refractivity contribution in [3.8, 4) is 0 Å². The molecule has 0 aromatic rings. The van der Waals surface area contributed by atoms with E-state index in [0.717, 1.165) is 25.7 Å². The molecule has 102 valence electrons. The predicted molar refractivity (Wildman–Crippen MR) is 73.5 cm³/mol. The first-order valence-electron chi connectivity index (χ1n) is 7.24. The Hall–Kier alpha value is -0.120. The number of ether oxygens (including phenoxy) is 1. The lowest BCUT2D eigenvalue weighted by Gasteiger charge is -2.27. The van der Waals surface area contributed by atoms with Crippen LogP contribution in [-0.4, -0.2) is 51.3 Å². The fraction of sp³-hybridized carbons (Fsp3) is 1.00. The van der Waals surface area contributed by atoms with Crippen LogP contribution in [0.25, 0.3) is 0 Å². The zero-order valence-corrected chi connectivity index (χ0v) is 11.7. The third-order valence-corrected chi connectivity index (χ3v) is 3.80. The molecule has 0 saturated heterocycles. The van der Waals surface area contributed by atoms with Crippen LogP contribution in [0.2, 0.25) is 0 Å². The SMILES string of the molecule is COCCNCCCN(C)C1CCCCCC1. The predicted octanol–water partition coefficient (Wildman–Crippen LogP) is 2.27. The monoisotopic (exact) mass is 242 g/mol. The number of hydrogen-bond donors (Lipinski definition) is 1. The number of rotatable bonds is 8. The second-order valence-corrected chi connectivity index (χ2v) is 5.22. The number of hydrogen-bond acceptors (Lipinski definition) is 3. The Morgan fingerprint density at radius 3 is 2.47 bits per heavy atom. The maximum absolute atomic E-state index is 5.01. The van der Waals surface area contributed by atoms with Crippen molar-refractivity contribution in [3.63, 3.8) is 0 Å². The summed E-state index contributed by atoms with van der Waals surface area (Å²) in [6, 6.07) is 0.844. The minimum absolute atomic E-state index is 0.818. The van der Waals surface area contributed by atoms with Crippen LogP contribution in [0.4, 0.5) is 0 Å². The average Bonchev–Trinajstić information content (AvgIpc) is 2.62. The molecule has 3 heteroatoms. The van der Waals surface area contributed by atoms with E-state index in [4.69, 9.17) is 4.74 Å². The van der Waals surface area contributed by atoms with E-state index in [9.17, 15) is 0 Å². The van der Waals surface area contributed by atoms with Gasteiger partial charge in [-0.2, -0.15) is 0 Å². The van der Waals surface area contributed by atoms with Gasteiger partial charge in [-0.15, -0.1) is 0 Å². The largest absolute Gasteiger partial charge is 0.383 e. The summed E-state index contributed by atoms with van der Waals surface area (Å²) in [5.41, 5.74) is 0. The summed E-state index contributed by atoms with van der Waals surface area (Å²) in [5, 5.41) is 3.41. The fourth-order valence-corrected chi connectivity index (χ4v) is 2.63. The van der Waals surface area contributed by atoms with Gasteiger partial charge in [0.2, 0.25) is 0 Å². The van der Waals surface area contributed by atoms with Crippen LogP contribution in [0.15, 0.2) is 0 Å². The van der Waals surface area contributed by atoms with Crippen LogP contribution in [0.3, 0.4) is 0 Å². The van der Waals surface area contributed by atoms with Gasteiger partial charge in [0.15, 0.2) is 0 Å². The molecule has 0 unspecified atom stereocenters. The first-order valence-corrected chi connectivity index (χ1v) is 7.24. The average molecular weight is 242 g/mol. The smallest absolute Gasteiger partial charge is 0.0587 e. The quantitative estimate of drug-likeness (QED) is 0.522. The molecule has 1 rings (SSSR count). The standard InChI is InChI=1S/C14H30N2O/c1-16(12-7-10-15-11-13-17-2)14-8-5-3-4-6-9-14/h14-15H,3-13H2,1-2H3. The zero-order chi connectivity index (χ0) is 12.3. The van der Waals surface area contributed by atoms with E-state index >= 15 is 0 Å². The van der Waals surface area contributed by atoms with Crippen LogP contribution in [0, 0.1) is 0 Å². The summed E-state index contributed by atoms with van der Waals surface area (Å²) in [5.74, 6) is 0. The molecule has 0 heterocycles. The van der Waals surface area contributed by atoms with Crippen molar-refractivity contribution in [1.82, 2.24) is 10.2 Å². The first kappa shape index (κ1) is 14.9. The highest BCUT2D eigenvalue weighted by Crippen LogP contribution is 2.20. The van der Waals surface area contributed by atoms with Gasteiger partial charge in [0.05, 0.1) is 6.61 Å². The molecular formula is C14H30N2O. The van der Waals surface area contributed by atoms with Gasteiger partial charge in [-0.3, -0.25) is 0 Å². The normalized spacial score (nSPS) is 18.5. The van der Waals surface area contributed by atoms with E-state index < -0.39 is 0 Å². The molecule has 0 amide bonds. The summed E-state index contributed by atoms with van der Waals surface area (Å²) < 4.78 is 5.01. The number of nitrogens with zero attached hydrogens (tertiary/aromatic N) is 1. The lowest BCUT2D eigenvalue weighted by molar-refractivity contribution is 0.196. The van der Waals surface area contributed by atoms with Gasteiger partial charge in [-0.1, -0.05) is 25.7 Å².